The maximum Gasteiger partial charge on any atom is 0.229 e. The molecule has 2 heterocycles. The van der Waals surface area contributed by atoms with Crippen LogP contribution in [0.25, 0.3) is 0 Å². The van der Waals surface area contributed by atoms with E-state index >= 15 is 0 Å². The van der Waals surface area contributed by atoms with Crippen LogP contribution in [0.3, 0.4) is 0 Å². The van der Waals surface area contributed by atoms with Crippen LogP contribution in [0.5, 0.6) is 0 Å². The van der Waals surface area contributed by atoms with Crippen LogP contribution in [0.1, 0.15) is 55.7 Å². The van der Waals surface area contributed by atoms with Crippen LogP contribution in [0.2, 0.25) is 0 Å². The van der Waals surface area contributed by atoms with E-state index in [1.54, 1.807) is 12.1 Å². The number of benzene rings is 2. The normalized spacial score (nSPS) is 20.5. The van der Waals surface area contributed by atoms with Gasteiger partial charge in [0.05, 0.1) is 11.5 Å². The summed E-state index contributed by atoms with van der Waals surface area (Å²) in [7, 11) is 0. The number of nitrogens with zero attached hydrogens (tertiary/aromatic N) is 2. The molecule has 0 unspecified atom stereocenters. The SMILES string of the molecule is Cl.O=C(N[C@@H](CCN1CCC2(CC1)CCN(Cc1ccc(F)cc1)C2=O)c1ccccc1)C1CC1. The van der Waals surface area contributed by atoms with Crippen LogP contribution in [0.15, 0.2) is 54.6 Å². The molecule has 0 radical (unpaired) electrons. The van der Waals surface area contributed by atoms with Crippen LogP contribution in [0.4, 0.5) is 4.39 Å². The predicted molar refractivity (Wildman–Crippen MR) is 136 cm³/mol. The summed E-state index contributed by atoms with van der Waals surface area (Å²) in [6.07, 6.45) is 5.57. The Morgan fingerprint density at radius 3 is 2.31 bits per heavy atom. The Morgan fingerprint density at radius 1 is 1.00 bits per heavy atom. The number of rotatable bonds is 8. The first-order chi connectivity index (χ1) is 16.5. The molecule has 3 fully saturated rings. The fraction of sp³-hybridized carbons (Fsp3) is 0.500. The Labute approximate surface area is 213 Å². The Bertz CT molecular complexity index is 1000. The highest BCUT2D eigenvalue weighted by atomic mass is 35.5. The van der Waals surface area contributed by atoms with Gasteiger partial charge in [-0.15, -0.1) is 12.4 Å². The molecule has 35 heavy (non-hydrogen) atoms. The smallest absolute Gasteiger partial charge is 0.229 e. The van der Waals surface area contributed by atoms with Crippen molar-refractivity contribution in [1.29, 1.82) is 0 Å². The molecule has 1 atom stereocenters. The first kappa shape index (κ1) is 25.6. The molecule has 0 bridgehead atoms. The van der Waals surface area contributed by atoms with Gasteiger partial charge in [0.25, 0.3) is 0 Å². The molecule has 2 aromatic carbocycles. The van der Waals surface area contributed by atoms with Crippen LogP contribution < -0.4 is 5.32 Å². The van der Waals surface area contributed by atoms with Gasteiger partial charge >= 0.3 is 0 Å². The molecule has 2 aromatic rings. The highest BCUT2D eigenvalue weighted by Crippen LogP contribution is 2.42. The van der Waals surface area contributed by atoms with E-state index in [0.717, 1.165) is 75.8 Å². The zero-order valence-corrected chi connectivity index (χ0v) is 20.9. The minimum atomic E-state index is -0.248. The molecule has 188 valence electrons. The molecular weight excluding hydrogens is 465 g/mol. The highest BCUT2D eigenvalue weighted by Gasteiger charge is 2.47. The lowest BCUT2D eigenvalue weighted by molar-refractivity contribution is -0.139. The summed E-state index contributed by atoms with van der Waals surface area (Å²) in [5, 5.41) is 3.27. The van der Waals surface area contributed by atoms with E-state index in [1.807, 2.05) is 23.1 Å². The summed E-state index contributed by atoms with van der Waals surface area (Å²) in [6.45, 7) is 4.07. The molecule has 3 aliphatic rings. The lowest BCUT2D eigenvalue weighted by Gasteiger charge is -2.38. The van der Waals surface area contributed by atoms with Gasteiger partial charge in [-0.05, 0) is 74.9 Å². The first-order valence-corrected chi connectivity index (χ1v) is 12.6. The van der Waals surface area contributed by atoms with Crippen molar-refractivity contribution in [2.75, 3.05) is 26.2 Å². The Morgan fingerprint density at radius 2 is 1.66 bits per heavy atom. The van der Waals surface area contributed by atoms with Crippen molar-refractivity contribution >= 4 is 24.2 Å². The van der Waals surface area contributed by atoms with Gasteiger partial charge in [0.15, 0.2) is 0 Å². The maximum atomic E-state index is 13.3. The van der Waals surface area contributed by atoms with Crippen molar-refractivity contribution < 1.29 is 14.0 Å². The van der Waals surface area contributed by atoms with Gasteiger partial charge in [0, 0.05) is 25.6 Å². The van der Waals surface area contributed by atoms with Gasteiger partial charge in [0.2, 0.25) is 11.8 Å². The number of piperidine rings is 1. The molecule has 0 aromatic heterocycles. The van der Waals surface area contributed by atoms with Crippen molar-refractivity contribution in [3.05, 3.63) is 71.5 Å². The summed E-state index contributed by atoms with van der Waals surface area (Å²) in [4.78, 5) is 30.1. The fourth-order valence-electron chi connectivity index (χ4n) is 5.48. The second-order valence-electron chi connectivity index (χ2n) is 10.3. The molecular formula is C28H35ClFN3O2. The van der Waals surface area contributed by atoms with Crippen molar-refractivity contribution in [3.8, 4) is 0 Å². The van der Waals surface area contributed by atoms with E-state index in [2.05, 4.69) is 22.3 Å². The quantitative estimate of drug-likeness (QED) is 0.572. The van der Waals surface area contributed by atoms with E-state index in [1.165, 1.54) is 12.1 Å². The second kappa shape index (κ2) is 11.1. The summed E-state index contributed by atoms with van der Waals surface area (Å²) >= 11 is 0. The average Bonchev–Trinajstić information content (AvgIpc) is 3.68. The zero-order chi connectivity index (χ0) is 23.5. The van der Waals surface area contributed by atoms with Crippen LogP contribution >= 0.6 is 12.4 Å². The van der Waals surface area contributed by atoms with Crippen molar-refractivity contribution in [2.45, 2.75) is 51.1 Å². The third-order valence-electron chi connectivity index (χ3n) is 7.90. The van der Waals surface area contributed by atoms with Crippen LogP contribution in [0, 0.1) is 17.2 Å². The molecule has 1 N–H and O–H groups in total. The lowest BCUT2D eigenvalue weighted by atomic mass is 9.77. The predicted octanol–water partition coefficient (Wildman–Crippen LogP) is 4.72. The minimum absolute atomic E-state index is 0. The summed E-state index contributed by atoms with van der Waals surface area (Å²) < 4.78 is 13.2. The third-order valence-corrected chi connectivity index (χ3v) is 7.90. The van der Waals surface area contributed by atoms with E-state index < -0.39 is 0 Å². The Hall–Kier alpha value is -2.44. The number of nitrogens with one attached hydrogen (secondary N) is 1. The van der Waals surface area contributed by atoms with Gasteiger partial charge in [0.1, 0.15) is 5.82 Å². The number of carbonyl (C=O) groups is 2. The topological polar surface area (TPSA) is 52.7 Å². The van der Waals surface area contributed by atoms with Gasteiger partial charge in [-0.3, -0.25) is 9.59 Å². The summed E-state index contributed by atoms with van der Waals surface area (Å²) in [5.74, 6) is 0.397. The summed E-state index contributed by atoms with van der Waals surface area (Å²) in [5.41, 5.74) is 1.90. The standard InChI is InChI=1S/C28H34FN3O2.ClH/c29-24-10-6-21(7-11-24)20-32-19-15-28(27(32)34)13-17-31(18-14-28)16-12-25(22-4-2-1-3-5-22)30-26(33)23-8-9-23;/h1-7,10-11,23,25H,8-9,12-20H2,(H,30,33);1H/t25-;/m0./s1. The molecule has 1 spiro atoms. The van der Waals surface area contributed by atoms with Gasteiger partial charge in [-0.25, -0.2) is 4.39 Å². The number of amides is 2. The average molecular weight is 500 g/mol. The van der Waals surface area contributed by atoms with Crippen molar-refractivity contribution in [2.24, 2.45) is 11.3 Å². The van der Waals surface area contributed by atoms with E-state index in [0.29, 0.717) is 6.54 Å². The molecule has 2 amide bonds. The number of hydrogen-bond acceptors (Lipinski definition) is 3. The third kappa shape index (κ3) is 6.04. The van der Waals surface area contributed by atoms with Crippen molar-refractivity contribution in [3.63, 3.8) is 0 Å². The van der Waals surface area contributed by atoms with Crippen LogP contribution in [-0.4, -0.2) is 47.8 Å². The zero-order valence-electron chi connectivity index (χ0n) is 20.1. The minimum Gasteiger partial charge on any atom is -0.349 e. The molecule has 1 saturated carbocycles. The highest BCUT2D eigenvalue weighted by molar-refractivity contribution is 5.85. The largest absolute Gasteiger partial charge is 0.349 e. The Kier molecular flexibility index (Phi) is 8.12. The monoisotopic (exact) mass is 499 g/mol. The molecule has 7 heteroatoms. The van der Waals surface area contributed by atoms with Crippen molar-refractivity contribution in [1.82, 2.24) is 15.1 Å². The first-order valence-electron chi connectivity index (χ1n) is 12.6. The summed E-state index contributed by atoms with van der Waals surface area (Å²) in [6, 6.07) is 16.7. The fourth-order valence-corrected chi connectivity index (χ4v) is 5.48. The molecule has 2 saturated heterocycles. The van der Waals surface area contributed by atoms with Gasteiger partial charge in [-0.1, -0.05) is 42.5 Å². The van der Waals surface area contributed by atoms with E-state index in [-0.39, 0.29) is 47.4 Å². The number of halogens is 2. The van der Waals surface area contributed by atoms with Gasteiger partial charge in [-0.2, -0.15) is 0 Å². The maximum absolute atomic E-state index is 13.3. The second-order valence-corrected chi connectivity index (χ2v) is 10.3. The van der Waals surface area contributed by atoms with E-state index in [4.69, 9.17) is 0 Å². The number of hydrogen-bond donors (Lipinski definition) is 1. The van der Waals surface area contributed by atoms with Gasteiger partial charge < -0.3 is 15.1 Å². The molecule has 2 aliphatic heterocycles. The lowest BCUT2D eigenvalue weighted by Crippen LogP contribution is -2.45. The Balaban J connectivity index is 0.00000289. The number of likely N-dealkylation sites (tertiary alicyclic amines) is 2. The number of carbonyl (C=O) groups excluding carboxylic acids is 2. The van der Waals surface area contributed by atoms with Crippen LogP contribution in [-0.2, 0) is 16.1 Å². The molecule has 5 rings (SSSR count). The molecule has 5 nitrogen and oxygen atoms in total. The van der Waals surface area contributed by atoms with E-state index in [9.17, 15) is 14.0 Å². The molecule has 1 aliphatic carbocycles.